The first-order valence-electron chi connectivity index (χ1n) is 4.77. The monoisotopic (exact) mass is 340 g/mol. The molecule has 0 saturated carbocycles. The van der Waals surface area contributed by atoms with Gasteiger partial charge in [0.2, 0.25) is 0 Å². The third-order valence-corrected chi connectivity index (χ3v) is 4.30. The van der Waals surface area contributed by atoms with Crippen LogP contribution in [0.4, 0.5) is 5.13 Å². The number of carbonyl (C=O) groups excluding carboxylic acids is 1. The number of amides is 1. The van der Waals surface area contributed by atoms with Crippen LogP contribution in [0.1, 0.15) is 6.92 Å². The fourth-order valence-electron chi connectivity index (χ4n) is 1.10. The van der Waals surface area contributed by atoms with Crippen LogP contribution in [0.2, 0.25) is 4.34 Å². The summed E-state index contributed by atoms with van der Waals surface area (Å²) in [5.41, 5.74) is 0.762. The summed E-state index contributed by atoms with van der Waals surface area (Å²) in [6.07, 6.45) is 0. The number of rotatable bonds is 3. The Labute approximate surface area is 127 Å². The fourth-order valence-corrected chi connectivity index (χ4v) is 2.98. The van der Waals surface area contributed by atoms with Crippen molar-refractivity contribution in [1.82, 2.24) is 4.98 Å². The first-order chi connectivity index (χ1) is 8.36. The van der Waals surface area contributed by atoms with Crippen LogP contribution in [0.5, 0.6) is 0 Å². The number of hydrogen-bond donors (Lipinski definition) is 1. The molecule has 0 atom stereocenters. The van der Waals surface area contributed by atoms with Gasteiger partial charge in [0, 0.05) is 5.38 Å². The third-order valence-electron chi connectivity index (χ3n) is 1.95. The predicted molar refractivity (Wildman–Crippen MR) is 79.2 cm³/mol. The topological polar surface area (TPSA) is 42.0 Å². The second-order valence-electron chi connectivity index (χ2n) is 3.48. The van der Waals surface area contributed by atoms with Gasteiger partial charge in [-0.05, 0) is 19.1 Å². The normalized spacial score (nSPS) is 11.6. The minimum Gasteiger partial charge on any atom is -0.299 e. The molecule has 96 valence electrons. The summed E-state index contributed by atoms with van der Waals surface area (Å²) in [7, 11) is 0. The number of carbonyl (C=O) groups is 1. The lowest BCUT2D eigenvalue weighted by atomic mass is 10.4. The highest BCUT2D eigenvalue weighted by Crippen LogP contribution is 2.33. The third kappa shape index (κ3) is 3.36. The molecule has 0 bridgehead atoms. The van der Waals surface area contributed by atoms with Crippen molar-refractivity contribution >= 4 is 68.5 Å². The Kier molecular flexibility index (Phi) is 4.18. The van der Waals surface area contributed by atoms with Gasteiger partial charge in [0.25, 0.3) is 5.91 Å². The molecule has 2 heterocycles. The summed E-state index contributed by atoms with van der Waals surface area (Å²) >= 11 is 19.9. The molecular formula is C10H7Cl3N2OS2. The van der Waals surface area contributed by atoms with Gasteiger partial charge >= 0.3 is 0 Å². The number of nitrogens with zero attached hydrogens (tertiary/aromatic N) is 1. The van der Waals surface area contributed by atoms with E-state index in [1.807, 2.05) is 11.4 Å². The van der Waals surface area contributed by atoms with Gasteiger partial charge in [-0.15, -0.1) is 22.7 Å². The predicted octanol–water partition coefficient (Wildman–Crippen LogP) is 4.66. The molecule has 0 spiro atoms. The smallest absolute Gasteiger partial charge is 0.262 e. The molecule has 0 aromatic carbocycles. The summed E-state index contributed by atoms with van der Waals surface area (Å²) in [5, 5.41) is 4.84. The van der Waals surface area contributed by atoms with Crippen molar-refractivity contribution in [2.75, 3.05) is 5.32 Å². The first-order valence-corrected chi connectivity index (χ1v) is 7.60. The number of nitrogens with one attached hydrogen (secondary N) is 1. The molecule has 0 aliphatic rings. The molecule has 1 amide bonds. The average molecular weight is 342 g/mol. The van der Waals surface area contributed by atoms with Gasteiger partial charge in [0.05, 0.1) is 14.9 Å². The molecule has 0 aliphatic carbocycles. The molecule has 0 saturated heterocycles. The number of aromatic nitrogens is 1. The van der Waals surface area contributed by atoms with E-state index in [1.165, 1.54) is 29.6 Å². The van der Waals surface area contributed by atoms with E-state index in [-0.39, 0.29) is 0 Å². The number of hydrogen-bond acceptors (Lipinski definition) is 4. The van der Waals surface area contributed by atoms with E-state index in [0.29, 0.717) is 9.47 Å². The van der Waals surface area contributed by atoms with Crippen LogP contribution in [0, 0.1) is 0 Å². The molecule has 0 radical (unpaired) electrons. The summed E-state index contributed by atoms with van der Waals surface area (Å²) in [4.78, 5) is 16.8. The Morgan fingerprint density at radius 1 is 1.44 bits per heavy atom. The number of thiophene rings is 1. The largest absolute Gasteiger partial charge is 0.299 e. The van der Waals surface area contributed by atoms with Crippen LogP contribution in [0.15, 0.2) is 17.5 Å². The average Bonchev–Trinajstić information content (AvgIpc) is 2.85. The van der Waals surface area contributed by atoms with Crippen molar-refractivity contribution in [3.63, 3.8) is 0 Å². The van der Waals surface area contributed by atoms with E-state index in [1.54, 1.807) is 6.07 Å². The van der Waals surface area contributed by atoms with Crippen LogP contribution >= 0.6 is 57.5 Å². The Balaban J connectivity index is 2.14. The zero-order valence-corrected chi connectivity index (χ0v) is 12.9. The molecule has 0 unspecified atom stereocenters. The van der Waals surface area contributed by atoms with Gasteiger partial charge in [-0.3, -0.25) is 10.1 Å². The number of alkyl halides is 2. The van der Waals surface area contributed by atoms with Crippen LogP contribution in [0.3, 0.4) is 0 Å². The van der Waals surface area contributed by atoms with Gasteiger partial charge in [0.1, 0.15) is 0 Å². The maximum Gasteiger partial charge on any atom is 0.262 e. The van der Waals surface area contributed by atoms with E-state index in [0.717, 1.165) is 10.6 Å². The summed E-state index contributed by atoms with van der Waals surface area (Å²) in [5.74, 6) is -0.504. The van der Waals surface area contributed by atoms with Crippen molar-refractivity contribution in [2.45, 2.75) is 11.3 Å². The SMILES string of the molecule is CC(Cl)(Cl)C(=O)Nc1nc(-c2ccc(Cl)s2)cs1. The second kappa shape index (κ2) is 5.35. The summed E-state index contributed by atoms with van der Waals surface area (Å²) in [6.45, 7) is 1.40. The minimum atomic E-state index is -1.47. The minimum absolute atomic E-state index is 0.451. The molecular weight excluding hydrogens is 335 g/mol. The van der Waals surface area contributed by atoms with Crippen LogP contribution < -0.4 is 5.32 Å². The fraction of sp³-hybridized carbons (Fsp3) is 0.200. The van der Waals surface area contributed by atoms with Gasteiger partial charge in [-0.2, -0.15) is 0 Å². The van der Waals surface area contributed by atoms with E-state index >= 15 is 0 Å². The highest BCUT2D eigenvalue weighted by atomic mass is 35.5. The highest BCUT2D eigenvalue weighted by Gasteiger charge is 2.28. The van der Waals surface area contributed by atoms with Crippen molar-refractivity contribution in [3.8, 4) is 10.6 Å². The Bertz CT molecular complexity index is 574. The molecule has 2 rings (SSSR count). The van der Waals surface area contributed by atoms with E-state index in [4.69, 9.17) is 34.8 Å². The van der Waals surface area contributed by atoms with E-state index < -0.39 is 10.2 Å². The Morgan fingerprint density at radius 2 is 2.17 bits per heavy atom. The number of halogens is 3. The van der Waals surface area contributed by atoms with Crippen molar-refractivity contribution < 1.29 is 4.79 Å². The molecule has 8 heteroatoms. The quantitative estimate of drug-likeness (QED) is 0.825. The molecule has 0 fully saturated rings. The standard InChI is InChI=1S/C10H7Cl3N2OS2/c1-10(12,13)8(16)15-9-14-5(4-17-9)6-2-3-7(11)18-6/h2-4H,1H3,(H,14,15,16). The lowest BCUT2D eigenvalue weighted by Crippen LogP contribution is -2.29. The Hall–Kier alpha value is -0.330. The number of anilines is 1. The molecule has 3 nitrogen and oxygen atoms in total. The molecule has 1 N–H and O–H groups in total. The maximum absolute atomic E-state index is 11.6. The van der Waals surface area contributed by atoms with Gasteiger partial charge in [-0.1, -0.05) is 34.8 Å². The van der Waals surface area contributed by atoms with Crippen molar-refractivity contribution in [3.05, 3.63) is 21.8 Å². The van der Waals surface area contributed by atoms with E-state index in [2.05, 4.69) is 10.3 Å². The van der Waals surface area contributed by atoms with Gasteiger partial charge in [-0.25, -0.2) is 4.98 Å². The molecule has 18 heavy (non-hydrogen) atoms. The highest BCUT2D eigenvalue weighted by molar-refractivity contribution is 7.20. The first kappa shape index (κ1) is 14.1. The van der Waals surface area contributed by atoms with Gasteiger partial charge < -0.3 is 0 Å². The van der Waals surface area contributed by atoms with Gasteiger partial charge in [0.15, 0.2) is 9.46 Å². The summed E-state index contributed by atoms with van der Waals surface area (Å²) in [6, 6.07) is 3.68. The van der Waals surface area contributed by atoms with E-state index in [9.17, 15) is 4.79 Å². The second-order valence-corrected chi connectivity index (χ2v) is 7.76. The van der Waals surface area contributed by atoms with Crippen molar-refractivity contribution in [1.29, 1.82) is 0 Å². The maximum atomic E-state index is 11.6. The van der Waals surface area contributed by atoms with Crippen molar-refractivity contribution in [2.24, 2.45) is 0 Å². The number of thiazole rings is 1. The zero-order chi connectivity index (χ0) is 13.3. The lowest BCUT2D eigenvalue weighted by Gasteiger charge is -2.10. The Morgan fingerprint density at radius 3 is 2.72 bits per heavy atom. The zero-order valence-electron chi connectivity index (χ0n) is 9.04. The van der Waals surface area contributed by atoms with Crippen LogP contribution in [-0.2, 0) is 4.79 Å². The lowest BCUT2D eigenvalue weighted by molar-refractivity contribution is -0.116. The van der Waals surface area contributed by atoms with Crippen LogP contribution in [0.25, 0.3) is 10.6 Å². The molecule has 0 aliphatic heterocycles. The molecule has 2 aromatic rings. The molecule has 2 aromatic heterocycles. The van der Waals surface area contributed by atoms with Crippen LogP contribution in [-0.4, -0.2) is 15.2 Å². The summed E-state index contributed by atoms with van der Waals surface area (Å²) < 4.78 is -0.782.